The van der Waals surface area contributed by atoms with E-state index in [0.29, 0.717) is 12.8 Å². The highest BCUT2D eigenvalue weighted by molar-refractivity contribution is 7.90. The first-order valence-corrected chi connectivity index (χ1v) is 13.0. The van der Waals surface area contributed by atoms with Crippen molar-refractivity contribution < 1.29 is 41.0 Å². The van der Waals surface area contributed by atoms with E-state index in [0.717, 1.165) is 25.7 Å². The summed E-state index contributed by atoms with van der Waals surface area (Å²) in [6.45, 7) is 1.02. The van der Waals surface area contributed by atoms with Crippen molar-refractivity contribution in [3.8, 4) is 17.6 Å². The van der Waals surface area contributed by atoms with Crippen LogP contribution in [0.2, 0.25) is 0 Å². The predicted molar refractivity (Wildman–Crippen MR) is 126 cm³/mol. The maximum atomic E-state index is 13.6. The van der Waals surface area contributed by atoms with E-state index in [9.17, 15) is 31.5 Å². The summed E-state index contributed by atoms with van der Waals surface area (Å²) in [5.41, 5.74) is -3.57. The van der Waals surface area contributed by atoms with Crippen LogP contribution in [0.15, 0.2) is 35.4 Å². The number of amides is 1. The standard InChI is InChI=1S/C23H22F3N5O6S/c1-12-16(18(32)28-13-6-4-7-14(10-13)38(3,34)35)19(31-30-17(12)23(24,25)26)37-20-21(36-2)29-15(11-27-20)22(33)8-5-9-22/h4,6-7,10-11,33H,5,8-9H2,1-3H3,(H,28,32). The molecule has 4 rings (SSSR count). The SMILES string of the molecule is COc1nc(C2(O)CCC2)cnc1Oc1nnc(C(F)(F)F)c(C)c1C(=O)Nc1cccc(S(C)(=O)=O)c1. The summed E-state index contributed by atoms with van der Waals surface area (Å²) in [7, 11) is -2.37. The van der Waals surface area contributed by atoms with Crippen LogP contribution in [0.1, 0.15) is 46.6 Å². The number of alkyl halides is 3. The predicted octanol–water partition coefficient (Wildman–Crippen LogP) is 3.42. The van der Waals surface area contributed by atoms with Gasteiger partial charge in [0.05, 0.1) is 23.9 Å². The number of aliphatic hydroxyl groups is 1. The molecule has 0 saturated heterocycles. The Morgan fingerprint density at radius 2 is 1.87 bits per heavy atom. The number of hydrogen-bond donors (Lipinski definition) is 2. The topological polar surface area (TPSA) is 153 Å². The Morgan fingerprint density at radius 1 is 1.16 bits per heavy atom. The number of nitrogens with one attached hydrogen (secondary N) is 1. The minimum Gasteiger partial charge on any atom is -0.477 e. The molecule has 15 heteroatoms. The van der Waals surface area contributed by atoms with E-state index in [1.165, 1.54) is 31.5 Å². The summed E-state index contributed by atoms with van der Waals surface area (Å²) in [5.74, 6) is -2.24. The van der Waals surface area contributed by atoms with Crippen molar-refractivity contribution in [2.45, 2.75) is 42.9 Å². The number of carbonyl (C=O) groups is 1. The zero-order chi connectivity index (χ0) is 27.9. The van der Waals surface area contributed by atoms with Crippen molar-refractivity contribution in [2.24, 2.45) is 0 Å². The Kier molecular flexibility index (Phi) is 7.01. The van der Waals surface area contributed by atoms with Crippen molar-refractivity contribution in [1.82, 2.24) is 20.2 Å². The number of rotatable bonds is 7. The highest BCUT2D eigenvalue weighted by Gasteiger charge is 2.40. The molecule has 0 bridgehead atoms. The Labute approximate surface area is 215 Å². The molecule has 0 aliphatic heterocycles. The van der Waals surface area contributed by atoms with Crippen LogP contribution < -0.4 is 14.8 Å². The lowest BCUT2D eigenvalue weighted by Gasteiger charge is -2.35. The molecule has 1 amide bonds. The zero-order valence-corrected chi connectivity index (χ0v) is 21.1. The molecule has 1 aromatic carbocycles. The summed E-state index contributed by atoms with van der Waals surface area (Å²) in [5, 5.41) is 19.6. The van der Waals surface area contributed by atoms with E-state index >= 15 is 0 Å². The van der Waals surface area contributed by atoms with Gasteiger partial charge in [0.2, 0.25) is 0 Å². The van der Waals surface area contributed by atoms with Crippen molar-refractivity contribution in [3.05, 3.63) is 53.0 Å². The third-order valence-electron chi connectivity index (χ3n) is 5.95. The number of halogens is 3. The third kappa shape index (κ3) is 5.38. The van der Waals surface area contributed by atoms with Gasteiger partial charge in [-0.3, -0.25) is 4.79 Å². The van der Waals surface area contributed by atoms with Crippen LogP contribution in [0.3, 0.4) is 0 Å². The van der Waals surface area contributed by atoms with E-state index in [-0.39, 0.29) is 28.0 Å². The van der Waals surface area contributed by atoms with Crippen LogP contribution >= 0.6 is 0 Å². The molecule has 3 aromatic rings. The van der Waals surface area contributed by atoms with E-state index in [4.69, 9.17) is 9.47 Å². The fourth-order valence-electron chi connectivity index (χ4n) is 3.75. The van der Waals surface area contributed by atoms with E-state index in [1.54, 1.807) is 0 Å². The van der Waals surface area contributed by atoms with E-state index in [1.807, 2.05) is 0 Å². The summed E-state index contributed by atoms with van der Waals surface area (Å²) in [6, 6.07) is 5.18. The molecule has 1 saturated carbocycles. The molecule has 38 heavy (non-hydrogen) atoms. The first-order valence-electron chi connectivity index (χ1n) is 11.1. The van der Waals surface area contributed by atoms with Crippen molar-refractivity contribution in [1.29, 1.82) is 0 Å². The third-order valence-corrected chi connectivity index (χ3v) is 7.06. The largest absolute Gasteiger partial charge is 0.477 e. The van der Waals surface area contributed by atoms with Gasteiger partial charge in [0.1, 0.15) is 11.2 Å². The van der Waals surface area contributed by atoms with Crippen LogP contribution in [-0.4, -0.2) is 53.0 Å². The monoisotopic (exact) mass is 553 g/mol. The first kappa shape index (κ1) is 27.2. The molecule has 1 fully saturated rings. The molecule has 2 N–H and O–H groups in total. The molecule has 1 aliphatic rings. The van der Waals surface area contributed by atoms with Gasteiger partial charge in [-0.2, -0.15) is 13.2 Å². The number of ether oxygens (including phenoxy) is 2. The number of nitrogens with zero attached hydrogens (tertiary/aromatic N) is 4. The van der Waals surface area contributed by atoms with Crippen LogP contribution in [0.5, 0.6) is 17.6 Å². The number of carbonyl (C=O) groups excluding carboxylic acids is 1. The molecule has 11 nitrogen and oxygen atoms in total. The fraction of sp³-hybridized carbons (Fsp3) is 0.348. The number of aromatic nitrogens is 4. The zero-order valence-electron chi connectivity index (χ0n) is 20.3. The summed E-state index contributed by atoms with van der Waals surface area (Å²) in [6.07, 6.45) is -0.991. The minimum absolute atomic E-state index is 0.00381. The molecule has 0 spiro atoms. The van der Waals surface area contributed by atoms with Crippen molar-refractivity contribution in [3.63, 3.8) is 0 Å². The summed E-state index contributed by atoms with van der Waals surface area (Å²) >= 11 is 0. The second kappa shape index (κ2) is 9.79. The van der Waals surface area contributed by atoms with Crippen LogP contribution in [-0.2, 0) is 21.6 Å². The lowest BCUT2D eigenvalue weighted by Crippen LogP contribution is -2.34. The average molecular weight is 554 g/mol. The first-order chi connectivity index (χ1) is 17.7. The Morgan fingerprint density at radius 3 is 2.45 bits per heavy atom. The Balaban J connectivity index is 1.75. The van der Waals surface area contributed by atoms with Crippen molar-refractivity contribution in [2.75, 3.05) is 18.7 Å². The molecule has 2 aromatic heterocycles. The second-order valence-corrected chi connectivity index (χ2v) is 10.7. The van der Waals surface area contributed by atoms with Crippen molar-refractivity contribution >= 4 is 21.4 Å². The average Bonchev–Trinajstić information content (AvgIpc) is 2.81. The molecule has 0 radical (unpaired) electrons. The van der Waals surface area contributed by atoms with Gasteiger partial charge in [0.25, 0.3) is 23.5 Å². The van der Waals surface area contributed by atoms with Gasteiger partial charge in [-0.05, 0) is 49.9 Å². The molecule has 202 valence electrons. The minimum atomic E-state index is -4.93. The van der Waals surface area contributed by atoms with Gasteiger partial charge in [-0.25, -0.2) is 18.4 Å². The maximum Gasteiger partial charge on any atom is 0.435 e. The van der Waals surface area contributed by atoms with Gasteiger partial charge in [0.15, 0.2) is 15.5 Å². The van der Waals surface area contributed by atoms with E-state index in [2.05, 4.69) is 25.5 Å². The van der Waals surface area contributed by atoms with Gasteiger partial charge in [-0.15, -0.1) is 10.2 Å². The highest BCUT2D eigenvalue weighted by Crippen LogP contribution is 2.42. The smallest absolute Gasteiger partial charge is 0.435 e. The highest BCUT2D eigenvalue weighted by atomic mass is 32.2. The van der Waals surface area contributed by atoms with E-state index < -0.39 is 50.2 Å². The molecule has 0 unspecified atom stereocenters. The normalized spacial score (nSPS) is 14.9. The van der Waals surface area contributed by atoms with Gasteiger partial charge < -0.3 is 19.9 Å². The number of sulfone groups is 1. The summed E-state index contributed by atoms with van der Waals surface area (Å²) < 4.78 is 75.2. The molecule has 1 aliphatic carbocycles. The van der Waals surface area contributed by atoms with Gasteiger partial charge >= 0.3 is 6.18 Å². The number of anilines is 1. The molecular formula is C23H22F3N5O6S. The second-order valence-electron chi connectivity index (χ2n) is 8.66. The van der Waals surface area contributed by atoms with Crippen LogP contribution in [0.4, 0.5) is 18.9 Å². The number of benzene rings is 1. The molecular weight excluding hydrogens is 531 g/mol. The van der Waals surface area contributed by atoms with Gasteiger partial charge in [0, 0.05) is 11.9 Å². The maximum absolute atomic E-state index is 13.6. The van der Waals surface area contributed by atoms with Crippen LogP contribution in [0.25, 0.3) is 0 Å². The molecule has 2 heterocycles. The molecule has 0 atom stereocenters. The number of methoxy groups -OCH3 is 1. The Bertz CT molecular complexity index is 1510. The quantitative estimate of drug-likeness (QED) is 0.445. The van der Waals surface area contributed by atoms with Gasteiger partial charge in [-0.1, -0.05) is 6.07 Å². The lowest BCUT2D eigenvalue weighted by atomic mass is 9.78. The summed E-state index contributed by atoms with van der Waals surface area (Å²) in [4.78, 5) is 21.3. The van der Waals surface area contributed by atoms with Crippen LogP contribution in [0, 0.1) is 6.92 Å². The number of hydrogen-bond acceptors (Lipinski definition) is 10. The lowest BCUT2D eigenvalue weighted by molar-refractivity contribution is -0.142. The fourth-order valence-corrected chi connectivity index (χ4v) is 4.42. The Hall–Kier alpha value is -3.85.